The first-order chi connectivity index (χ1) is 15.6. The van der Waals surface area contributed by atoms with Crippen molar-refractivity contribution in [3.05, 3.63) is 84.1 Å². The van der Waals surface area contributed by atoms with Gasteiger partial charge in [-0.2, -0.15) is 0 Å². The number of thiophene rings is 1. The molecule has 0 aliphatic heterocycles. The van der Waals surface area contributed by atoms with Crippen LogP contribution in [0, 0.1) is 6.92 Å². The zero-order chi connectivity index (χ0) is 22.1. The molecule has 0 atom stereocenters. The number of carbonyl (C=O) groups excluding carboxylic acids is 1. The number of aromatic nitrogens is 2. The van der Waals surface area contributed by atoms with Gasteiger partial charge in [-0.3, -0.25) is 0 Å². The lowest BCUT2D eigenvalue weighted by Crippen LogP contribution is -2.19. The minimum atomic E-state index is -0.283. The molecule has 0 aliphatic carbocycles. The number of nitrogens with two attached hydrogens (primary N) is 1. The van der Waals surface area contributed by atoms with Gasteiger partial charge in [-0.15, -0.1) is 11.3 Å². The summed E-state index contributed by atoms with van der Waals surface area (Å²) in [6.45, 7) is 1.99. The van der Waals surface area contributed by atoms with Crippen LogP contribution in [0.15, 0.2) is 78.6 Å². The first-order valence-corrected chi connectivity index (χ1v) is 11.0. The summed E-state index contributed by atoms with van der Waals surface area (Å²) in [5.41, 5.74) is 13.0. The zero-order valence-electron chi connectivity index (χ0n) is 17.3. The van der Waals surface area contributed by atoms with Gasteiger partial charge in [-0.05, 0) is 53.8 Å². The Morgan fingerprint density at radius 2 is 1.81 bits per heavy atom. The Labute approximate surface area is 189 Å². The number of carbonyl (C=O) groups is 1. The number of anilines is 3. The number of nitrogens with zero attached hydrogens (tertiary/aromatic N) is 1. The third kappa shape index (κ3) is 3.81. The summed E-state index contributed by atoms with van der Waals surface area (Å²) in [4.78, 5) is 19.8. The Balaban J connectivity index is 1.39. The number of aromatic amines is 1. The van der Waals surface area contributed by atoms with Gasteiger partial charge in [0.25, 0.3) is 0 Å². The average Bonchev–Trinajstić information content (AvgIpc) is 3.45. The summed E-state index contributed by atoms with van der Waals surface area (Å²) in [6.07, 6.45) is 5.67. The van der Waals surface area contributed by atoms with Gasteiger partial charge in [0, 0.05) is 56.7 Å². The summed E-state index contributed by atoms with van der Waals surface area (Å²) in [6, 6.07) is 17.1. The van der Waals surface area contributed by atoms with Crippen LogP contribution in [0.4, 0.5) is 22.0 Å². The fourth-order valence-electron chi connectivity index (χ4n) is 3.73. The molecule has 5 N–H and O–H groups in total. The summed E-state index contributed by atoms with van der Waals surface area (Å²) in [5.74, 6) is 0.510. The number of aryl methyl sites for hydroxylation is 1. The molecule has 2 amide bonds. The molecule has 0 fully saturated rings. The lowest BCUT2D eigenvalue weighted by Gasteiger charge is -2.09. The van der Waals surface area contributed by atoms with Crippen molar-refractivity contribution in [2.45, 2.75) is 6.92 Å². The number of pyridine rings is 1. The normalized spacial score (nSPS) is 10.9. The molecule has 0 spiro atoms. The van der Waals surface area contributed by atoms with Crippen molar-refractivity contribution < 1.29 is 4.79 Å². The molecule has 3 aromatic heterocycles. The van der Waals surface area contributed by atoms with Gasteiger partial charge in [0.15, 0.2) is 0 Å². The van der Waals surface area contributed by atoms with E-state index in [1.54, 1.807) is 11.3 Å². The number of nitrogens with one attached hydrogen (secondary N) is 3. The number of hydrogen-bond acceptors (Lipinski definition) is 4. The second-order valence-electron chi connectivity index (χ2n) is 7.54. The highest BCUT2D eigenvalue weighted by atomic mass is 32.1. The van der Waals surface area contributed by atoms with E-state index < -0.39 is 0 Å². The molecule has 2 aromatic carbocycles. The number of nitrogen functional groups attached to an aromatic ring is 1. The van der Waals surface area contributed by atoms with Gasteiger partial charge in [0.2, 0.25) is 0 Å². The van der Waals surface area contributed by atoms with Crippen molar-refractivity contribution in [1.29, 1.82) is 0 Å². The largest absolute Gasteiger partial charge is 0.383 e. The highest BCUT2D eigenvalue weighted by Crippen LogP contribution is 2.41. The maximum absolute atomic E-state index is 12.3. The van der Waals surface area contributed by atoms with Crippen LogP contribution >= 0.6 is 11.3 Å². The van der Waals surface area contributed by atoms with Gasteiger partial charge < -0.3 is 21.4 Å². The van der Waals surface area contributed by atoms with Gasteiger partial charge in [-0.1, -0.05) is 24.3 Å². The maximum Gasteiger partial charge on any atom is 0.323 e. The van der Waals surface area contributed by atoms with Gasteiger partial charge in [-0.25, -0.2) is 9.78 Å². The molecule has 5 aromatic rings. The number of amides is 2. The third-order valence-corrected chi connectivity index (χ3v) is 6.28. The molecule has 0 unspecified atom stereocenters. The van der Waals surface area contributed by atoms with Gasteiger partial charge in [0.05, 0.1) is 0 Å². The minimum Gasteiger partial charge on any atom is -0.383 e. The smallest absolute Gasteiger partial charge is 0.323 e. The highest BCUT2D eigenvalue weighted by molar-refractivity contribution is 7.18. The molecule has 0 saturated carbocycles. The van der Waals surface area contributed by atoms with Crippen LogP contribution in [0.25, 0.3) is 32.3 Å². The van der Waals surface area contributed by atoms with E-state index in [0.29, 0.717) is 11.5 Å². The SMILES string of the molecule is Cc1cccc(NC(=O)Nc2ccc(-c3csc4c(-c5cc[nH]c5)cnc(N)c34)cc2)c1. The lowest BCUT2D eigenvalue weighted by molar-refractivity contribution is 0.262. The summed E-state index contributed by atoms with van der Waals surface area (Å²) >= 11 is 1.65. The first kappa shape index (κ1) is 19.8. The second kappa shape index (κ2) is 8.20. The van der Waals surface area contributed by atoms with Gasteiger partial charge >= 0.3 is 6.03 Å². The van der Waals surface area contributed by atoms with E-state index in [0.717, 1.165) is 43.6 Å². The number of fused-ring (bicyclic) bond motifs is 1. The standard InChI is InChI=1S/C25H21N5OS/c1-15-3-2-4-19(11-15)30-25(31)29-18-7-5-16(6-8-18)21-14-32-23-20(17-9-10-27-12-17)13-28-24(26)22(21)23/h2-14,27H,1H3,(H2,26,28)(H2,29,30,31). The molecule has 0 radical (unpaired) electrons. The quantitative estimate of drug-likeness (QED) is 0.258. The molecule has 32 heavy (non-hydrogen) atoms. The molecule has 7 heteroatoms. The van der Waals surface area contributed by atoms with Crippen molar-refractivity contribution in [3.8, 4) is 22.3 Å². The minimum absolute atomic E-state index is 0.283. The Bertz CT molecular complexity index is 1400. The van der Waals surface area contributed by atoms with Crippen molar-refractivity contribution in [3.63, 3.8) is 0 Å². The predicted octanol–water partition coefficient (Wildman–Crippen LogP) is 6.49. The lowest BCUT2D eigenvalue weighted by atomic mass is 10.0. The fourth-order valence-corrected chi connectivity index (χ4v) is 4.85. The van der Waals surface area contributed by atoms with Crippen molar-refractivity contribution in [2.24, 2.45) is 0 Å². The number of H-pyrrole nitrogens is 1. The van der Waals surface area contributed by atoms with Crippen LogP contribution in [0.1, 0.15) is 5.56 Å². The van der Waals surface area contributed by atoms with Gasteiger partial charge in [0.1, 0.15) is 5.82 Å². The molecule has 0 saturated heterocycles. The van der Waals surface area contributed by atoms with Crippen LogP contribution in [0.3, 0.4) is 0 Å². The summed E-state index contributed by atoms with van der Waals surface area (Å²) < 4.78 is 1.10. The molecule has 0 aliphatic rings. The molecule has 6 nitrogen and oxygen atoms in total. The van der Waals surface area contributed by atoms with Crippen LogP contribution in [0.2, 0.25) is 0 Å². The Hall–Kier alpha value is -4.10. The highest BCUT2D eigenvalue weighted by Gasteiger charge is 2.15. The Morgan fingerprint density at radius 1 is 1.00 bits per heavy atom. The third-order valence-electron chi connectivity index (χ3n) is 5.26. The van der Waals surface area contributed by atoms with Crippen LogP contribution in [0.5, 0.6) is 0 Å². The predicted molar refractivity (Wildman–Crippen MR) is 133 cm³/mol. The van der Waals surface area contributed by atoms with E-state index in [1.165, 1.54) is 0 Å². The maximum atomic E-state index is 12.3. The molecule has 158 valence electrons. The monoisotopic (exact) mass is 439 g/mol. The van der Waals surface area contributed by atoms with E-state index in [1.807, 2.05) is 80.1 Å². The van der Waals surface area contributed by atoms with E-state index in [2.05, 4.69) is 26.0 Å². The molecular formula is C25H21N5OS. The van der Waals surface area contributed by atoms with Crippen molar-refractivity contribution in [1.82, 2.24) is 9.97 Å². The summed E-state index contributed by atoms with van der Waals surface area (Å²) in [5, 5.41) is 8.77. The average molecular weight is 440 g/mol. The Morgan fingerprint density at radius 3 is 2.56 bits per heavy atom. The van der Waals surface area contributed by atoms with Crippen LogP contribution in [-0.2, 0) is 0 Å². The Kier molecular flexibility index (Phi) is 5.09. The molecular weight excluding hydrogens is 418 g/mol. The fraction of sp³-hybridized carbons (Fsp3) is 0.0400. The topological polar surface area (TPSA) is 95.8 Å². The number of hydrogen-bond donors (Lipinski definition) is 4. The van der Waals surface area contributed by atoms with E-state index in [9.17, 15) is 4.79 Å². The molecule has 3 heterocycles. The van der Waals surface area contributed by atoms with Crippen LogP contribution in [-0.4, -0.2) is 16.0 Å². The van der Waals surface area contributed by atoms with Crippen LogP contribution < -0.4 is 16.4 Å². The number of urea groups is 1. The summed E-state index contributed by atoms with van der Waals surface area (Å²) in [7, 11) is 0. The van der Waals surface area contributed by atoms with E-state index >= 15 is 0 Å². The van der Waals surface area contributed by atoms with E-state index in [4.69, 9.17) is 5.73 Å². The zero-order valence-corrected chi connectivity index (χ0v) is 18.2. The second-order valence-corrected chi connectivity index (χ2v) is 8.42. The number of rotatable bonds is 4. The number of benzene rings is 2. The first-order valence-electron chi connectivity index (χ1n) is 10.1. The van der Waals surface area contributed by atoms with E-state index in [-0.39, 0.29) is 6.03 Å². The molecule has 5 rings (SSSR count). The van der Waals surface area contributed by atoms with Crippen molar-refractivity contribution >= 4 is 44.6 Å². The van der Waals surface area contributed by atoms with Crippen molar-refractivity contribution in [2.75, 3.05) is 16.4 Å². The molecule has 0 bridgehead atoms.